The first-order valence-electron chi connectivity index (χ1n) is 7.50. The number of rotatable bonds is 2. The normalized spacial score (nSPS) is 20.7. The number of alkyl halides is 3. The third kappa shape index (κ3) is 3.41. The number of likely N-dealkylation sites (tertiary alicyclic amines) is 1. The predicted octanol–water partition coefficient (Wildman–Crippen LogP) is 2.03. The molecule has 0 spiro atoms. The molecule has 132 valence electrons. The van der Waals surface area contributed by atoms with Crippen LogP contribution in [0, 0.1) is 0 Å². The summed E-state index contributed by atoms with van der Waals surface area (Å²) >= 11 is 0. The standard InChI is InChI=1S/C16H15F3N4O2/c17-16(18,19)10-3-1-2-9(6-10)12-7-11(24)8-23(12)15(25)13-14(20)22-5-4-21-13/h1-6,11-12,24H,7-8H2,(H2,20,22)/t11-,12-/m1/s1. The van der Waals surface area contributed by atoms with E-state index in [1.54, 1.807) is 0 Å². The van der Waals surface area contributed by atoms with Gasteiger partial charge in [0.2, 0.25) is 0 Å². The molecule has 6 nitrogen and oxygen atoms in total. The largest absolute Gasteiger partial charge is 0.416 e. The van der Waals surface area contributed by atoms with Crippen molar-refractivity contribution < 1.29 is 23.1 Å². The van der Waals surface area contributed by atoms with Crippen molar-refractivity contribution >= 4 is 11.7 Å². The maximum atomic E-state index is 12.9. The van der Waals surface area contributed by atoms with E-state index in [4.69, 9.17) is 5.73 Å². The number of carbonyl (C=O) groups excluding carboxylic acids is 1. The topological polar surface area (TPSA) is 92.3 Å². The Morgan fingerprint density at radius 2 is 2.00 bits per heavy atom. The maximum Gasteiger partial charge on any atom is 0.416 e. The summed E-state index contributed by atoms with van der Waals surface area (Å²) in [6.07, 6.45) is -2.57. The number of β-amino-alcohol motifs (C(OH)–C–C–N with tert-alkyl or cyclic N) is 1. The molecule has 2 heterocycles. The van der Waals surface area contributed by atoms with Crippen LogP contribution in [-0.2, 0) is 6.18 Å². The molecule has 3 rings (SSSR count). The van der Waals surface area contributed by atoms with Gasteiger partial charge < -0.3 is 15.7 Å². The van der Waals surface area contributed by atoms with E-state index in [1.807, 2.05) is 0 Å². The summed E-state index contributed by atoms with van der Waals surface area (Å²) in [6, 6.07) is 4.02. The van der Waals surface area contributed by atoms with Crippen molar-refractivity contribution in [3.63, 3.8) is 0 Å². The van der Waals surface area contributed by atoms with Crippen LogP contribution in [0.2, 0.25) is 0 Å². The average molecular weight is 352 g/mol. The molecule has 2 aromatic rings. The molecule has 9 heteroatoms. The number of aliphatic hydroxyl groups is 1. The molecule has 2 atom stereocenters. The lowest BCUT2D eigenvalue weighted by molar-refractivity contribution is -0.137. The first kappa shape index (κ1) is 17.2. The van der Waals surface area contributed by atoms with Crippen molar-refractivity contribution in [2.45, 2.75) is 24.7 Å². The van der Waals surface area contributed by atoms with Gasteiger partial charge >= 0.3 is 6.18 Å². The lowest BCUT2D eigenvalue weighted by Gasteiger charge is -2.25. The summed E-state index contributed by atoms with van der Waals surface area (Å²) in [5.74, 6) is -0.652. The molecule has 1 saturated heterocycles. The number of aliphatic hydroxyl groups excluding tert-OH is 1. The van der Waals surface area contributed by atoms with Gasteiger partial charge in [-0.15, -0.1) is 0 Å². The Bertz CT molecular complexity index is 797. The number of anilines is 1. The van der Waals surface area contributed by atoms with Crippen LogP contribution in [0.1, 0.15) is 34.1 Å². The quantitative estimate of drug-likeness (QED) is 0.863. The number of hydrogen-bond donors (Lipinski definition) is 2. The van der Waals surface area contributed by atoms with E-state index >= 15 is 0 Å². The van der Waals surface area contributed by atoms with Gasteiger partial charge in [0.25, 0.3) is 5.91 Å². The summed E-state index contributed by atoms with van der Waals surface area (Å²) < 4.78 is 38.8. The van der Waals surface area contributed by atoms with Gasteiger partial charge in [-0.25, -0.2) is 9.97 Å². The van der Waals surface area contributed by atoms with Crippen molar-refractivity contribution in [2.75, 3.05) is 12.3 Å². The van der Waals surface area contributed by atoms with Gasteiger partial charge in [-0.05, 0) is 24.1 Å². The number of nitrogens with two attached hydrogens (primary N) is 1. The Kier molecular flexibility index (Phi) is 4.34. The van der Waals surface area contributed by atoms with Crippen LogP contribution in [0.25, 0.3) is 0 Å². The van der Waals surface area contributed by atoms with Gasteiger partial charge in [0.15, 0.2) is 11.5 Å². The number of benzene rings is 1. The van der Waals surface area contributed by atoms with Crippen molar-refractivity contribution in [1.29, 1.82) is 0 Å². The Morgan fingerprint density at radius 3 is 2.68 bits per heavy atom. The van der Waals surface area contributed by atoms with Gasteiger partial charge in [0.05, 0.1) is 17.7 Å². The minimum atomic E-state index is -4.49. The van der Waals surface area contributed by atoms with E-state index in [0.29, 0.717) is 5.56 Å². The molecule has 1 aromatic carbocycles. The average Bonchev–Trinajstić information content (AvgIpc) is 2.96. The van der Waals surface area contributed by atoms with Crippen LogP contribution in [0.3, 0.4) is 0 Å². The molecule has 1 amide bonds. The first-order chi connectivity index (χ1) is 11.8. The highest BCUT2D eigenvalue weighted by Gasteiger charge is 2.38. The van der Waals surface area contributed by atoms with Crippen LogP contribution in [0.15, 0.2) is 36.7 Å². The lowest BCUT2D eigenvalue weighted by atomic mass is 10.0. The summed E-state index contributed by atoms with van der Waals surface area (Å²) in [6.45, 7) is -0.0181. The Balaban J connectivity index is 1.95. The molecule has 3 N–H and O–H groups in total. The molecule has 0 unspecified atom stereocenters. The van der Waals surface area contributed by atoms with Gasteiger partial charge in [0.1, 0.15) is 0 Å². The van der Waals surface area contributed by atoms with Crippen molar-refractivity contribution in [2.24, 2.45) is 0 Å². The monoisotopic (exact) mass is 352 g/mol. The van der Waals surface area contributed by atoms with E-state index in [1.165, 1.54) is 29.4 Å². The third-order valence-electron chi connectivity index (χ3n) is 4.07. The number of hydrogen-bond acceptors (Lipinski definition) is 5. The van der Waals surface area contributed by atoms with Gasteiger partial charge in [-0.2, -0.15) is 13.2 Å². The highest BCUT2D eigenvalue weighted by atomic mass is 19.4. The zero-order valence-electron chi connectivity index (χ0n) is 12.9. The minimum absolute atomic E-state index is 0.0181. The summed E-state index contributed by atoms with van der Waals surface area (Å²) in [5, 5.41) is 9.94. The molecule has 0 radical (unpaired) electrons. The fourth-order valence-corrected chi connectivity index (χ4v) is 2.93. The number of amides is 1. The van der Waals surface area contributed by atoms with E-state index < -0.39 is 29.8 Å². The van der Waals surface area contributed by atoms with Crippen molar-refractivity contribution in [1.82, 2.24) is 14.9 Å². The molecule has 1 fully saturated rings. The van der Waals surface area contributed by atoms with Gasteiger partial charge in [-0.3, -0.25) is 4.79 Å². The second kappa shape index (κ2) is 6.32. The van der Waals surface area contributed by atoms with Crippen molar-refractivity contribution in [3.05, 3.63) is 53.5 Å². The highest BCUT2D eigenvalue weighted by Crippen LogP contribution is 2.36. The number of carbonyl (C=O) groups is 1. The molecule has 0 aliphatic carbocycles. The van der Waals surface area contributed by atoms with E-state index in [-0.39, 0.29) is 24.5 Å². The number of halogens is 3. The number of nitrogen functional groups attached to an aromatic ring is 1. The van der Waals surface area contributed by atoms with E-state index in [0.717, 1.165) is 12.1 Å². The Hall–Kier alpha value is -2.68. The highest BCUT2D eigenvalue weighted by molar-refractivity contribution is 5.96. The Morgan fingerprint density at radius 1 is 1.28 bits per heavy atom. The SMILES string of the molecule is Nc1nccnc1C(=O)N1C[C@H](O)C[C@@H]1c1cccc(C(F)(F)F)c1. The van der Waals surface area contributed by atoms with Crippen LogP contribution >= 0.6 is 0 Å². The third-order valence-corrected chi connectivity index (χ3v) is 4.07. The maximum absolute atomic E-state index is 12.9. The molecule has 1 aliphatic rings. The summed E-state index contributed by atoms with van der Waals surface area (Å²) in [5.41, 5.74) is 5.05. The number of aromatic nitrogens is 2. The smallest absolute Gasteiger partial charge is 0.391 e. The fraction of sp³-hybridized carbons (Fsp3) is 0.312. The van der Waals surface area contributed by atoms with Crippen LogP contribution < -0.4 is 5.73 Å². The zero-order chi connectivity index (χ0) is 18.2. The first-order valence-corrected chi connectivity index (χ1v) is 7.50. The van der Waals surface area contributed by atoms with E-state index in [9.17, 15) is 23.1 Å². The fourth-order valence-electron chi connectivity index (χ4n) is 2.93. The van der Waals surface area contributed by atoms with E-state index in [2.05, 4.69) is 9.97 Å². The summed E-state index contributed by atoms with van der Waals surface area (Å²) in [4.78, 5) is 21.7. The molecular formula is C16H15F3N4O2. The van der Waals surface area contributed by atoms with Crippen LogP contribution in [0.5, 0.6) is 0 Å². The van der Waals surface area contributed by atoms with Crippen LogP contribution in [-0.4, -0.2) is 38.5 Å². The Labute approximate surface area is 141 Å². The second-order valence-corrected chi connectivity index (χ2v) is 5.78. The van der Waals surface area contributed by atoms with Crippen LogP contribution in [0.4, 0.5) is 19.0 Å². The molecule has 0 bridgehead atoms. The van der Waals surface area contributed by atoms with Crippen molar-refractivity contribution in [3.8, 4) is 0 Å². The minimum Gasteiger partial charge on any atom is -0.391 e. The van der Waals surface area contributed by atoms with Gasteiger partial charge in [-0.1, -0.05) is 12.1 Å². The molecule has 1 aromatic heterocycles. The zero-order valence-corrected chi connectivity index (χ0v) is 12.9. The molecule has 25 heavy (non-hydrogen) atoms. The summed E-state index contributed by atoms with van der Waals surface area (Å²) in [7, 11) is 0. The molecule has 0 saturated carbocycles. The number of nitrogens with zero attached hydrogens (tertiary/aromatic N) is 3. The predicted molar refractivity (Wildman–Crippen MR) is 82.3 cm³/mol. The molecular weight excluding hydrogens is 337 g/mol. The second-order valence-electron chi connectivity index (χ2n) is 5.78. The lowest BCUT2D eigenvalue weighted by Crippen LogP contribution is -2.33. The molecule has 1 aliphatic heterocycles. The van der Waals surface area contributed by atoms with Gasteiger partial charge in [0, 0.05) is 18.9 Å².